The minimum absolute atomic E-state index is 0.0164. The topological polar surface area (TPSA) is 69.7 Å². The van der Waals surface area contributed by atoms with Crippen molar-refractivity contribution in [3.63, 3.8) is 0 Å². The largest absolute Gasteiger partial charge is 0.352 e. The second-order valence-electron chi connectivity index (χ2n) is 9.35. The van der Waals surface area contributed by atoms with Gasteiger partial charge in [-0.15, -0.1) is 0 Å². The van der Waals surface area contributed by atoms with Gasteiger partial charge in [0, 0.05) is 41.5 Å². The zero-order valence-corrected chi connectivity index (χ0v) is 21.7. The first-order valence-electron chi connectivity index (χ1n) is 12.5. The third kappa shape index (κ3) is 5.24. The standard InChI is InChI=1S/C29H32ClN3O3/c1-4-19(2)31-28(35)20(3)33(18-22-10-5-6-14-24(22)30)26(34)16-9-17-32-25-15-8-12-21-11-7-13-23(27(21)25)29(32)36/h5-8,10-15,19-20H,4,9,16-18H2,1-3H3,(H,31,35)/t19-,20+/m1/s1. The highest BCUT2D eigenvalue weighted by molar-refractivity contribution is 6.31. The molecule has 188 valence electrons. The van der Waals surface area contributed by atoms with Gasteiger partial charge in [-0.3, -0.25) is 14.4 Å². The van der Waals surface area contributed by atoms with Crippen LogP contribution in [0.4, 0.5) is 5.69 Å². The molecule has 0 aromatic heterocycles. The third-order valence-corrected chi connectivity index (χ3v) is 7.26. The molecule has 3 aromatic carbocycles. The number of nitrogens with one attached hydrogen (secondary N) is 1. The highest BCUT2D eigenvalue weighted by atomic mass is 35.5. The van der Waals surface area contributed by atoms with Crippen molar-refractivity contribution >= 4 is 45.8 Å². The van der Waals surface area contributed by atoms with Gasteiger partial charge in [-0.1, -0.05) is 61.0 Å². The quantitative estimate of drug-likeness (QED) is 0.392. The lowest BCUT2D eigenvalue weighted by Crippen LogP contribution is -2.49. The lowest BCUT2D eigenvalue weighted by Gasteiger charge is -2.30. The maximum Gasteiger partial charge on any atom is 0.258 e. The number of carbonyl (C=O) groups excluding carboxylic acids is 3. The van der Waals surface area contributed by atoms with Crippen LogP contribution in [0.25, 0.3) is 10.8 Å². The average Bonchev–Trinajstić information content (AvgIpc) is 3.15. The molecule has 1 N–H and O–H groups in total. The van der Waals surface area contributed by atoms with Crippen LogP contribution in [0.5, 0.6) is 0 Å². The number of anilines is 1. The van der Waals surface area contributed by atoms with Crippen molar-refractivity contribution in [2.24, 2.45) is 0 Å². The maximum absolute atomic E-state index is 13.4. The van der Waals surface area contributed by atoms with Crippen LogP contribution >= 0.6 is 11.6 Å². The SMILES string of the molecule is CC[C@@H](C)NC(=O)[C@H](C)N(Cc1ccccc1Cl)C(=O)CCCN1C(=O)c2cccc3cccc1c23. The summed E-state index contributed by atoms with van der Waals surface area (Å²) in [6, 6.07) is 18.3. The molecule has 3 aromatic rings. The molecule has 0 unspecified atom stereocenters. The number of rotatable bonds is 10. The van der Waals surface area contributed by atoms with Gasteiger partial charge in [-0.05, 0) is 55.8 Å². The van der Waals surface area contributed by atoms with Gasteiger partial charge < -0.3 is 15.1 Å². The van der Waals surface area contributed by atoms with E-state index in [0.29, 0.717) is 23.6 Å². The van der Waals surface area contributed by atoms with Crippen LogP contribution in [0, 0.1) is 0 Å². The minimum atomic E-state index is -0.658. The van der Waals surface area contributed by atoms with Crippen LogP contribution in [0.3, 0.4) is 0 Å². The molecule has 36 heavy (non-hydrogen) atoms. The number of carbonyl (C=O) groups is 3. The number of benzene rings is 3. The van der Waals surface area contributed by atoms with Crippen LogP contribution in [0.1, 0.15) is 56.0 Å². The number of hydrogen-bond acceptors (Lipinski definition) is 3. The number of hydrogen-bond donors (Lipinski definition) is 1. The fourth-order valence-electron chi connectivity index (χ4n) is 4.59. The summed E-state index contributed by atoms with van der Waals surface area (Å²) >= 11 is 6.37. The predicted octanol–water partition coefficient (Wildman–Crippen LogP) is 5.57. The summed E-state index contributed by atoms with van der Waals surface area (Å²) in [5.74, 6) is -0.380. The highest BCUT2D eigenvalue weighted by Crippen LogP contribution is 2.37. The van der Waals surface area contributed by atoms with E-state index in [1.165, 1.54) is 0 Å². The van der Waals surface area contributed by atoms with Crippen molar-refractivity contribution in [2.75, 3.05) is 11.4 Å². The van der Waals surface area contributed by atoms with E-state index in [1.807, 2.05) is 68.4 Å². The molecule has 7 heteroatoms. The van der Waals surface area contributed by atoms with E-state index in [4.69, 9.17) is 11.6 Å². The van der Waals surface area contributed by atoms with Crippen molar-refractivity contribution in [1.82, 2.24) is 10.2 Å². The number of amides is 3. The van der Waals surface area contributed by atoms with E-state index in [1.54, 1.807) is 22.8 Å². The fourth-order valence-corrected chi connectivity index (χ4v) is 4.79. The number of nitrogens with zero attached hydrogens (tertiary/aromatic N) is 2. The Hall–Kier alpha value is -3.38. The third-order valence-electron chi connectivity index (χ3n) is 6.89. The first-order valence-corrected chi connectivity index (χ1v) is 12.9. The molecule has 0 radical (unpaired) electrons. The molecule has 2 atom stereocenters. The van der Waals surface area contributed by atoms with Crippen molar-refractivity contribution in [2.45, 2.75) is 58.7 Å². The Balaban J connectivity index is 1.47. The molecule has 1 aliphatic rings. The van der Waals surface area contributed by atoms with E-state index >= 15 is 0 Å². The first kappa shape index (κ1) is 25.7. The van der Waals surface area contributed by atoms with E-state index < -0.39 is 6.04 Å². The van der Waals surface area contributed by atoms with Gasteiger partial charge in [0.1, 0.15) is 6.04 Å². The van der Waals surface area contributed by atoms with Crippen LogP contribution in [-0.4, -0.2) is 41.2 Å². The van der Waals surface area contributed by atoms with Crippen LogP contribution < -0.4 is 10.2 Å². The summed E-state index contributed by atoms with van der Waals surface area (Å²) in [4.78, 5) is 42.7. The van der Waals surface area contributed by atoms with Crippen molar-refractivity contribution in [3.05, 3.63) is 76.8 Å². The molecule has 0 fully saturated rings. The first-order chi connectivity index (χ1) is 17.3. The molecule has 0 bridgehead atoms. The highest BCUT2D eigenvalue weighted by Gasteiger charge is 2.30. The Morgan fingerprint density at radius 1 is 1.03 bits per heavy atom. The molecule has 4 rings (SSSR count). The van der Waals surface area contributed by atoms with Gasteiger partial charge in [-0.2, -0.15) is 0 Å². The summed E-state index contributed by atoms with van der Waals surface area (Å²) in [5, 5.41) is 5.52. The van der Waals surface area contributed by atoms with Gasteiger partial charge >= 0.3 is 0 Å². The van der Waals surface area contributed by atoms with Crippen molar-refractivity contribution in [3.8, 4) is 0 Å². The lowest BCUT2D eigenvalue weighted by atomic mass is 10.1. The van der Waals surface area contributed by atoms with E-state index in [0.717, 1.165) is 28.4 Å². The van der Waals surface area contributed by atoms with Gasteiger partial charge in [0.2, 0.25) is 11.8 Å². The molecule has 1 heterocycles. The van der Waals surface area contributed by atoms with Crippen LogP contribution in [0.2, 0.25) is 5.02 Å². The van der Waals surface area contributed by atoms with E-state index in [9.17, 15) is 14.4 Å². The van der Waals surface area contributed by atoms with Crippen molar-refractivity contribution < 1.29 is 14.4 Å². The van der Waals surface area contributed by atoms with Crippen LogP contribution in [-0.2, 0) is 16.1 Å². The number of halogens is 1. The predicted molar refractivity (Wildman–Crippen MR) is 144 cm³/mol. The Kier molecular flexibility index (Phi) is 7.94. The van der Waals surface area contributed by atoms with Gasteiger partial charge in [0.15, 0.2) is 0 Å². The van der Waals surface area contributed by atoms with Crippen LogP contribution in [0.15, 0.2) is 60.7 Å². The molecule has 0 spiro atoms. The molecule has 1 aliphatic heterocycles. The zero-order chi connectivity index (χ0) is 25.8. The Bertz CT molecular complexity index is 1290. The monoisotopic (exact) mass is 505 g/mol. The average molecular weight is 506 g/mol. The van der Waals surface area contributed by atoms with E-state index in [-0.39, 0.29) is 36.7 Å². The minimum Gasteiger partial charge on any atom is -0.352 e. The second-order valence-corrected chi connectivity index (χ2v) is 9.76. The summed E-state index contributed by atoms with van der Waals surface area (Å²) < 4.78 is 0. The summed E-state index contributed by atoms with van der Waals surface area (Å²) in [6.45, 7) is 6.34. The Labute approximate surface area is 217 Å². The van der Waals surface area contributed by atoms with Gasteiger partial charge in [0.25, 0.3) is 5.91 Å². The molecule has 0 saturated heterocycles. The summed E-state index contributed by atoms with van der Waals surface area (Å²) in [7, 11) is 0. The fraction of sp³-hybridized carbons (Fsp3) is 0.345. The summed E-state index contributed by atoms with van der Waals surface area (Å²) in [5.41, 5.74) is 2.37. The van der Waals surface area contributed by atoms with Gasteiger partial charge in [-0.25, -0.2) is 0 Å². The normalized spacial score (nSPS) is 14.1. The smallest absolute Gasteiger partial charge is 0.258 e. The maximum atomic E-state index is 13.4. The molecule has 0 saturated carbocycles. The van der Waals surface area contributed by atoms with E-state index in [2.05, 4.69) is 5.32 Å². The Morgan fingerprint density at radius 2 is 1.75 bits per heavy atom. The molecular formula is C29H32ClN3O3. The van der Waals surface area contributed by atoms with Crippen molar-refractivity contribution in [1.29, 1.82) is 0 Å². The van der Waals surface area contributed by atoms with Gasteiger partial charge in [0.05, 0.1) is 5.69 Å². The molecular weight excluding hydrogens is 474 g/mol. The zero-order valence-electron chi connectivity index (χ0n) is 21.0. The lowest BCUT2D eigenvalue weighted by molar-refractivity contribution is -0.140. The Morgan fingerprint density at radius 3 is 2.47 bits per heavy atom. The molecule has 0 aliphatic carbocycles. The molecule has 6 nitrogen and oxygen atoms in total. The molecule has 3 amide bonds. The second kappa shape index (κ2) is 11.1. The summed E-state index contributed by atoms with van der Waals surface area (Å²) in [6.07, 6.45) is 1.49.